The van der Waals surface area contributed by atoms with Gasteiger partial charge in [-0.15, -0.1) is 0 Å². The molecule has 1 aromatic rings. The molecule has 0 amide bonds. The highest BCUT2D eigenvalue weighted by atomic mass is 32.2. The van der Waals surface area contributed by atoms with E-state index >= 15 is 0 Å². The molecule has 1 rings (SSSR count). The second kappa shape index (κ2) is 8.42. The molecule has 1 aromatic carbocycles. The van der Waals surface area contributed by atoms with E-state index in [9.17, 15) is 8.42 Å². The van der Waals surface area contributed by atoms with Crippen molar-refractivity contribution in [2.24, 2.45) is 5.92 Å². The van der Waals surface area contributed by atoms with Gasteiger partial charge in [0.15, 0.2) is 0 Å². The summed E-state index contributed by atoms with van der Waals surface area (Å²) >= 11 is 0. The zero-order chi connectivity index (χ0) is 15.0. The molecule has 0 heterocycles. The van der Waals surface area contributed by atoms with Gasteiger partial charge in [-0.25, -0.2) is 8.42 Å². The minimum Gasteiger partial charge on any atom is -0.317 e. The van der Waals surface area contributed by atoms with Crippen molar-refractivity contribution in [3.8, 4) is 0 Å². The number of benzene rings is 1. The van der Waals surface area contributed by atoms with Crippen molar-refractivity contribution >= 4 is 9.84 Å². The molecule has 0 fully saturated rings. The van der Waals surface area contributed by atoms with E-state index in [-0.39, 0.29) is 0 Å². The Kier molecular flexibility index (Phi) is 7.24. The van der Waals surface area contributed by atoms with Crippen LogP contribution in [0, 0.1) is 12.8 Å². The molecule has 3 nitrogen and oxygen atoms in total. The molecule has 0 radical (unpaired) electrons. The summed E-state index contributed by atoms with van der Waals surface area (Å²) < 4.78 is 22.4. The maximum absolute atomic E-state index is 11.2. The molecule has 20 heavy (non-hydrogen) atoms. The van der Waals surface area contributed by atoms with Gasteiger partial charge in [-0.2, -0.15) is 0 Å². The lowest BCUT2D eigenvalue weighted by Crippen LogP contribution is -2.24. The maximum Gasteiger partial charge on any atom is 0.147 e. The number of hydrogen-bond donors (Lipinski definition) is 1. The van der Waals surface area contributed by atoms with Gasteiger partial charge in [0.2, 0.25) is 0 Å². The Bertz CT molecular complexity index is 480. The third-order valence-corrected chi connectivity index (χ3v) is 4.49. The maximum atomic E-state index is 11.2. The number of aryl methyl sites for hydroxylation is 1. The highest BCUT2D eigenvalue weighted by Crippen LogP contribution is 2.15. The lowest BCUT2D eigenvalue weighted by molar-refractivity contribution is 0.444. The van der Waals surface area contributed by atoms with Crippen LogP contribution in [0.2, 0.25) is 0 Å². The molecule has 0 aliphatic rings. The molecule has 114 valence electrons. The average molecular weight is 297 g/mol. The molecular formula is C16H27NO2S. The zero-order valence-corrected chi connectivity index (χ0v) is 13.7. The number of hydrogen-bond acceptors (Lipinski definition) is 3. The number of rotatable bonds is 9. The van der Waals surface area contributed by atoms with Gasteiger partial charge in [-0.1, -0.05) is 36.8 Å². The van der Waals surface area contributed by atoms with Gasteiger partial charge in [0, 0.05) is 12.0 Å². The second-order valence-corrected chi connectivity index (χ2v) is 7.90. The molecule has 0 aromatic heterocycles. The summed E-state index contributed by atoms with van der Waals surface area (Å²) in [6, 6.07) is 8.61. The molecule has 1 N–H and O–H groups in total. The molecule has 1 unspecified atom stereocenters. The minimum absolute atomic E-state index is 0.295. The highest BCUT2D eigenvalue weighted by molar-refractivity contribution is 7.90. The number of sulfone groups is 1. The predicted molar refractivity (Wildman–Crippen MR) is 85.9 cm³/mol. The van der Waals surface area contributed by atoms with Crippen LogP contribution in [0.3, 0.4) is 0 Å². The Morgan fingerprint density at radius 3 is 2.40 bits per heavy atom. The summed E-state index contributed by atoms with van der Waals surface area (Å²) in [5.74, 6) is 0.795. The van der Waals surface area contributed by atoms with Crippen LogP contribution >= 0.6 is 0 Å². The van der Waals surface area contributed by atoms with Gasteiger partial charge in [-0.3, -0.25) is 0 Å². The van der Waals surface area contributed by atoms with Crippen molar-refractivity contribution in [2.45, 2.75) is 33.1 Å². The fourth-order valence-corrected chi connectivity index (χ4v) is 3.01. The Labute approximate surface area is 123 Å². The summed E-state index contributed by atoms with van der Waals surface area (Å²) in [6.45, 7) is 6.09. The van der Waals surface area contributed by atoms with Gasteiger partial charge >= 0.3 is 0 Å². The highest BCUT2D eigenvalue weighted by Gasteiger charge is 2.11. The third kappa shape index (κ3) is 7.65. The Balaban J connectivity index is 2.52. The second-order valence-electron chi connectivity index (χ2n) is 5.64. The largest absolute Gasteiger partial charge is 0.317 e. The topological polar surface area (TPSA) is 46.2 Å². The predicted octanol–water partition coefficient (Wildman–Crippen LogP) is 2.59. The SMILES string of the molecule is CCNCC(CCCS(C)(=O)=O)Cc1ccc(C)cc1. The van der Waals surface area contributed by atoms with Crippen LogP contribution in [-0.2, 0) is 16.3 Å². The van der Waals surface area contributed by atoms with E-state index in [0.29, 0.717) is 11.7 Å². The van der Waals surface area contributed by atoms with Crippen LogP contribution in [0.4, 0.5) is 0 Å². The molecule has 1 atom stereocenters. The molecule has 4 heteroatoms. The summed E-state index contributed by atoms with van der Waals surface area (Å²) in [4.78, 5) is 0. The summed E-state index contributed by atoms with van der Waals surface area (Å²) in [7, 11) is -2.84. The van der Waals surface area contributed by atoms with Crippen LogP contribution in [-0.4, -0.2) is 33.5 Å². The van der Waals surface area contributed by atoms with E-state index in [0.717, 1.165) is 32.4 Å². The fraction of sp³-hybridized carbons (Fsp3) is 0.625. The van der Waals surface area contributed by atoms with Crippen molar-refractivity contribution in [1.29, 1.82) is 0 Å². The van der Waals surface area contributed by atoms with E-state index in [1.165, 1.54) is 17.4 Å². The monoisotopic (exact) mass is 297 g/mol. The van der Waals surface area contributed by atoms with Gasteiger partial charge < -0.3 is 5.32 Å². The molecule has 0 saturated heterocycles. The van der Waals surface area contributed by atoms with E-state index in [4.69, 9.17) is 0 Å². The van der Waals surface area contributed by atoms with E-state index < -0.39 is 9.84 Å². The first-order valence-corrected chi connectivity index (χ1v) is 9.40. The van der Waals surface area contributed by atoms with E-state index in [1.54, 1.807) is 0 Å². The Morgan fingerprint density at radius 1 is 1.20 bits per heavy atom. The van der Waals surface area contributed by atoms with Crippen molar-refractivity contribution in [2.75, 3.05) is 25.1 Å². The van der Waals surface area contributed by atoms with Crippen LogP contribution in [0.5, 0.6) is 0 Å². The normalized spacial score (nSPS) is 13.3. The lowest BCUT2D eigenvalue weighted by atomic mass is 9.94. The first-order valence-electron chi connectivity index (χ1n) is 7.34. The zero-order valence-electron chi connectivity index (χ0n) is 12.9. The van der Waals surface area contributed by atoms with Crippen LogP contribution in [0.25, 0.3) is 0 Å². The van der Waals surface area contributed by atoms with Crippen molar-refractivity contribution in [3.63, 3.8) is 0 Å². The molecule has 0 spiro atoms. The quantitative estimate of drug-likeness (QED) is 0.762. The van der Waals surface area contributed by atoms with Gasteiger partial charge in [0.05, 0.1) is 0 Å². The fourth-order valence-electron chi connectivity index (χ4n) is 2.32. The van der Waals surface area contributed by atoms with Crippen molar-refractivity contribution in [3.05, 3.63) is 35.4 Å². The van der Waals surface area contributed by atoms with Crippen LogP contribution < -0.4 is 5.32 Å². The summed E-state index contributed by atoms with van der Waals surface area (Å²) in [5, 5.41) is 3.38. The van der Waals surface area contributed by atoms with E-state index in [2.05, 4.69) is 43.4 Å². The van der Waals surface area contributed by atoms with E-state index in [1.807, 2.05) is 0 Å². The van der Waals surface area contributed by atoms with Gasteiger partial charge in [0.25, 0.3) is 0 Å². The van der Waals surface area contributed by atoms with Crippen molar-refractivity contribution in [1.82, 2.24) is 5.32 Å². The van der Waals surface area contributed by atoms with Crippen molar-refractivity contribution < 1.29 is 8.42 Å². The van der Waals surface area contributed by atoms with Crippen LogP contribution in [0.1, 0.15) is 30.9 Å². The first-order chi connectivity index (χ1) is 9.40. The van der Waals surface area contributed by atoms with Crippen LogP contribution in [0.15, 0.2) is 24.3 Å². The molecule has 0 bridgehead atoms. The molecule has 0 aliphatic carbocycles. The Hall–Kier alpha value is -0.870. The number of nitrogens with one attached hydrogen (secondary N) is 1. The third-order valence-electron chi connectivity index (χ3n) is 3.46. The molecule has 0 saturated carbocycles. The smallest absolute Gasteiger partial charge is 0.147 e. The van der Waals surface area contributed by atoms with Gasteiger partial charge in [-0.05, 0) is 50.8 Å². The lowest BCUT2D eigenvalue weighted by Gasteiger charge is -2.17. The first kappa shape index (κ1) is 17.2. The summed E-state index contributed by atoms with van der Waals surface area (Å²) in [6.07, 6.45) is 4.03. The van der Waals surface area contributed by atoms with Gasteiger partial charge in [0.1, 0.15) is 9.84 Å². The molecular weight excluding hydrogens is 270 g/mol. The standard InChI is InChI=1S/C16H27NO2S/c1-4-17-13-16(6-5-11-20(3,18)19)12-15-9-7-14(2)8-10-15/h7-10,16-17H,4-6,11-13H2,1-3H3. The molecule has 0 aliphatic heterocycles. The minimum atomic E-state index is -2.84. The average Bonchev–Trinajstić information content (AvgIpc) is 2.37. The Morgan fingerprint density at radius 2 is 1.85 bits per heavy atom. The summed E-state index contributed by atoms with van der Waals surface area (Å²) in [5.41, 5.74) is 2.60.